The van der Waals surface area contributed by atoms with Crippen LogP contribution >= 0.6 is 0 Å². The van der Waals surface area contributed by atoms with Crippen molar-refractivity contribution < 1.29 is 18.4 Å². The van der Waals surface area contributed by atoms with Gasteiger partial charge in [0.05, 0.1) is 11.0 Å². The molecule has 8 nitrogen and oxygen atoms in total. The third-order valence-electron chi connectivity index (χ3n) is 2.69. The number of aliphatic hydroxyl groups is 1. The first-order valence-electron chi connectivity index (χ1n) is 6.38. The first-order valence-corrected chi connectivity index (χ1v) is 7.86. The Morgan fingerprint density at radius 2 is 2.05 bits per heavy atom. The van der Waals surface area contributed by atoms with Gasteiger partial charge in [-0.2, -0.15) is 0 Å². The van der Waals surface area contributed by atoms with Crippen molar-refractivity contribution in [3.63, 3.8) is 0 Å². The van der Waals surface area contributed by atoms with Crippen molar-refractivity contribution in [2.24, 2.45) is 0 Å². The quantitative estimate of drug-likeness (QED) is 0.356. The SMILES string of the molecule is Cc1cccc([N+](=O)[O-])c1S(=O)(=O)NCCNCC(C)O. The lowest BCUT2D eigenvalue weighted by Crippen LogP contribution is -2.35. The lowest BCUT2D eigenvalue weighted by atomic mass is 10.2. The number of benzene rings is 1. The predicted octanol–water partition coefficient (Wildman–Crippen LogP) is 0.152. The van der Waals surface area contributed by atoms with Gasteiger partial charge in [-0.1, -0.05) is 12.1 Å². The Labute approximate surface area is 123 Å². The number of rotatable bonds is 8. The Kier molecular flexibility index (Phi) is 6.21. The molecule has 0 radical (unpaired) electrons. The van der Waals surface area contributed by atoms with Crippen LogP contribution in [0.5, 0.6) is 0 Å². The van der Waals surface area contributed by atoms with Crippen LogP contribution in [0.1, 0.15) is 12.5 Å². The highest BCUT2D eigenvalue weighted by molar-refractivity contribution is 7.89. The van der Waals surface area contributed by atoms with Crippen LogP contribution in [0, 0.1) is 17.0 Å². The molecule has 0 bridgehead atoms. The average molecular weight is 317 g/mol. The molecule has 0 saturated carbocycles. The number of sulfonamides is 1. The van der Waals surface area contributed by atoms with Crippen molar-refractivity contribution in [2.75, 3.05) is 19.6 Å². The second-order valence-corrected chi connectivity index (χ2v) is 6.33. The predicted molar refractivity (Wildman–Crippen MR) is 77.6 cm³/mol. The van der Waals surface area contributed by atoms with Gasteiger partial charge in [0.1, 0.15) is 0 Å². The summed E-state index contributed by atoms with van der Waals surface area (Å²) < 4.78 is 26.7. The first-order chi connectivity index (χ1) is 9.75. The highest BCUT2D eigenvalue weighted by Gasteiger charge is 2.27. The monoisotopic (exact) mass is 317 g/mol. The van der Waals surface area contributed by atoms with E-state index in [2.05, 4.69) is 10.0 Å². The number of hydrogen-bond acceptors (Lipinski definition) is 6. The third-order valence-corrected chi connectivity index (χ3v) is 4.34. The second kappa shape index (κ2) is 7.46. The van der Waals surface area contributed by atoms with Crippen LogP contribution in [0.25, 0.3) is 0 Å². The van der Waals surface area contributed by atoms with E-state index in [1.165, 1.54) is 19.1 Å². The number of nitro groups is 1. The topological polar surface area (TPSA) is 122 Å². The molecule has 0 fully saturated rings. The molecule has 0 heterocycles. The zero-order valence-electron chi connectivity index (χ0n) is 11.9. The molecular formula is C12H19N3O5S. The Balaban J connectivity index is 2.82. The molecule has 0 aliphatic carbocycles. The molecule has 0 aliphatic heterocycles. The molecule has 9 heteroatoms. The normalized spacial score (nSPS) is 13.1. The third kappa shape index (κ3) is 5.05. The van der Waals surface area contributed by atoms with Crippen molar-refractivity contribution in [2.45, 2.75) is 24.8 Å². The van der Waals surface area contributed by atoms with Gasteiger partial charge in [0.15, 0.2) is 4.90 Å². The lowest BCUT2D eigenvalue weighted by molar-refractivity contribution is -0.387. The summed E-state index contributed by atoms with van der Waals surface area (Å²) in [4.78, 5) is 9.92. The van der Waals surface area contributed by atoms with Gasteiger partial charge in [-0.25, -0.2) is 13.1 Å². The Hall–Kier alpha value is -1.55. The van der Waals surface area contributed by atoms with E-state index in [4.69, 9.17) is 5.11 Å². The number of aryl methyl sites for hydroxylation is 1. The molecule has 0 amide bonds. The number of aliphatic hydroxyl groups excluding tert-OH is 1. The van der Waals surface area contributed by atoms with Crippen molar-refractivity contribution in [3.8, 4) is 0 Å². The van der Waals surface area contributed by atoms with E-state index >= 15 is 0 Å². The van der Waals surface area contributed by atoms with E-state index in [9.17, 15) is 18.5 Å². The van der Waals surface area contributed by atoms with Gasteiger partial charge in [0.2, 0.25) is 10.0 Å². The van der Waals surface area contributed by atoms with Crippen LogP contribution in [-0.2, 0) is 10.0 Å². The molecular weight excluding hydrogens is 298 g/mol. The molecule has 0 aromatic heterocycles. The van der Waals surface area contributed by atoms with Gasteiger partial charge >= 0.3 is 0 Å². The number of nitrogens with zero attached hydrogens (tertiary/aromatic N) is 1. The smallest absolute Gasteiger partial charge is 0.289 e. The summed E-state index contributed by atoms with van der Waals surface area (Å²) in [6, 6.07) is 4.11. The maximum absolute atomic E-state index is 12.2. The van der Waals surface area contributed by atoms with Crippen LogP contribution in [0.4, 0.5) is 5.69 Å². The molecule has 1 atom stereocenters. The summed E-state index contributed by atoms with van der Waals surface area (Å²) in [5, 5.41) is 22.8. The Morgan fingerprint density at radius 3 is 2.62 bits per heavy atom. The molecule has 21 heavy (non-hydrogen) atoms. The molecule has 118 valence electrons. The van der Waals surface area contributed by atoms with Gasteiger partial charge in [-0.15, -0.1) is 0 Å². The second-order valence-electron chi connectivity index (χ2n) is 4.63. The van der Waals surface area contributed by atoms with Gasteiger partial charge in [0, 0.05) is 25.7 Å². The molecule has 0 aliphatic rings. The number of nitro benzene ring substituents is 1. The van der Waals surface area contributed by atoms with Crippen LogP contribution in [-0.4, -0.2) is 44.2 Å². The highest BCUT2D eigenvalue weighted by atomic mass is 32.2. The minimum Gasteiger partial charge on any atom is -0.392 e. The van der Waals surface area contributed by atoms with E-state index in [1.54, 1.807) is 6.92 Å². The van der Waals surface area contributed by atoms with E-state index in [-0.39, 0.29) is 11.4 Å². The minimum absolute atomic E-state index is 0.0700. The minimum atomic E-state index is -3.96. The highest BCUT2D eigenvalue weighted by Crippen LogP contribution is 2.26. The number of hydrogen-bond donors (Lipinski definition) is 3. The molecule has 1 aromatic rings. The Morgan fingerprint density at radius 1 is 1.38 bits per heavy atom. The maximum atomic E-state index is 12.2. The van der Waals surface area contributed by atoms with Gasteiger partial charge in [-0.05, 0) is 19.4 Å². The zero-order valence-corrected chi connectivity index (χ0v) is 12.7. The van der Waals surface area contributed by atoms with Crippen molar-refractivity contribution in [3.05, 3.63) is 33.9 Å². The first kappa shape index (κ1) is 17.5. The van der Waals surface area contributed by atoms with Gasteiger partial charge < -0.3 is 10.4 Å². The molecule has 1 unspecified atom stereocenters. The van der Waals surface area contributed by atoms with Crippen molar-refractivity contribution in [1.29, 1.82) is 0 Å². The fraction of sp³-hybridized carbons (Fsp3) is 0.500. The lowest BCUT2D eigenvalue weighted by Gasteiger charge is -2.10. The maximum Gasteiger partial charge on any atom is 0.289 e. The fourth-order valence-corrected chi connectivity index (χ4v) is 3.21. The van der Waals surface area contributed by atoms with E-state index in [1.807, 2.05) is 0 Å². The van der Waals surface area contributed by atoms with Crippen LogP contribution < -0.4 is 10.0 Å². The number of nitrogens with one attached hydrogen (secondary N) is 2. The van der Waals surface area contributed by atoms with Crippen LogP contribution in [0.2, 0.25) is 0 Å². The average Bonchev–Trinajstić information content (AvgIpc) is 2.37. The van der Waals surface area contributed by atoms with E-state index in [0.29, 0.717) is 18.7 Å². The van der Waals surface area contributed by atoms with Crippen LogP contribution in [0.15, 0.2) is 23.1 Å². The van der Waals surface area contributed by atoms with E-state index in [0.717, 1.165) is 6.07 Å². The summed E-state index contributed by atoms with van der Waals surface area (Å²) in [7, 11) is -3.96. The standard InChI is InChI=1S/C12H19N3O5S/c1-9-4-3-5-11(15(17)18)12(9)21(19,20)14-7-6-13-8-10(2)16/h3-5,10,13-14,16H,6-8H2,1-2H3. The summed E-state index contributed by atoms with van der Waals surface area (Å²) in [6.07, 6.45) is -0.529. The van der Waals surface area contributed by atoms with Gasteiger partial charge in [0.25, 0.3) is 5.69 Å². The molecule has 0 saturated heterocycles. The van der Waals surface area contributed by atoms with E-state index < -0.39 is 26.7 Å². The molecule has 1 rings (SSSR count). The van der Waals surface area contributed by atoms with Gasteiger partial charge in [-0.3, -0.25) is 10.1 Å². The van der Waals surface area contributed by atoms with Crippen molar-refractivity contribution >= 4 is 15.7 Å². The zero-order chi connectivity index (χ0) is 16.0. The molecule has 1 aromatic carbocycles. The molecule has 0 spiro atoms. The fourth-order valence-electron chi connectivity index (χ4n) is 1.79. The molecule has 3 N–H and O–H groups in total. The summed E-state index contributed by atoms with van der Waals surface area (Å²) >= 11 is 0. The van der Waals surface area contributed by atoms with Crippen LogP contribution in [0.3, 0.4) is 0 Å². The summed E-state index contributed by atoms with van der Waals surface area (Å²) in [5.41, 5.74) is -0.131. The Bertz CT molecular complexity index is 601. The largest absolute Gasteiger partial charge is 0.392 e. The summed E-state index contributed by atoms with van der Waals surface area (Å²) in [5.74, 6) is 0. The van der Waals surface area contributed by atoms with Crippen molar-refractivity contribution in [1.82, 2.24) is 10.0 Å². The summed E-state index contributed by atoms with van der Waals surface area (Å²) in [6.45, 7) is 3.83.